The molecule has 1 aliphatic heterocycles. The van der Waals surface area contributed by atoms with Crippen LogP contribution >= 0.6 is 12.2 Å². The molecule has 0 saturated carbocycles. The van der Waals surface area contributed by atoms with Crippen LogP contribution in [0.15, 0.2) is 97.3 Å². The van der Waals surface area contributed by atoms with Crippen molar-refractivity contribution >= 4 is 23.0 Å². The lowest BCUT2D eigenvalue weighted by Gasteiger charge is -2.28. The van der Waals surface area contributed by atoms with Gasteiger partial charge in [0.25, 0.3) is 0 Å². The van der Waals surface area contributed by atoms with Gasteiger partial charge < -0.3 is 19.5 Å². The predicted molar refractivity (Wildman–Crippen MR) is 163 cm³/mol. The van der Waals surface area contributed by atoms with E-state index in [9.17, 15) is 0 Å². The third-order valence-electron chi connectivity index (χ3n) is 7.39. The van der Waals surface area contributed by atoms with E-state index in [1.165, 1.54) is 16.7 Å². The Hall–Kier alpha value is -4.49. The van der Waals surface area contributed by atoms with Gasteiger partial charge in [-0.05, 0) is 118 Å². The number of ether oxygens (including phenoxy) is 1. The van der Waals surface area contributed by atoms with Crippen LogP contribution in [-0.4, -0.2) is 19.6 Å². The first-order valence-corrected chi connectivity index (χ1v) is 13.8. The summed E-state index contributed by atoms with van der Waals surface area (Å²) in [5, 5.41) is 4.23. The summed E-state index contributed by atoms with van der Waals surface area (Å²) in [6.07, 6.45) is 3.69. The molecular weight excluding hydrogens is 514 g/mol. The second-order valence-corrected chi connectivity index (χ2v) is 10.6. The molecule has 3 aromatic heterocycles. The molecule has 1 fully saturated rings. The highest BCUT2D eigenvalue weighted by atomic mass is 32.1. The largest absolute Gasteiger partial charge is 0.457 e. The minimum atomic E-state index is -0.128. The lowest BCUT2D eigenvalue weighted by Crippen LogP contribution is -2.29. The summed E-state index contributed by atoms with van der Waals surface area (Å²) in [7, 11) is 0. The van der Waals surface area contributed by atoms with E-state index < -0.39 is 0 Å². The molecular formula is C33H31N5OS. The van der Waals surface area contributed by atoms with Gasteiger partial charge in [0.1, 0.15) is 17.3 Å². The molecule has 6 rings (SSSR count). The molecule has 1 N–H and O–H groups in total. The molecule has 2 atom stereocenters. The lowest BCUT2D eigenvalue weighted by molar-refractivity contribution is 0.482. The molecule has 7 heteroatoms. The van der Waals surface area contributed by atoms with Gasteiger partial charge in [0.2, 0.25) is 0 Å². The molecule has 5 aromatic rings. The first-order chi connectivity index (χ1) is 19.4. The maximum atomic E-state index is 6.09. The van der Waals surface area contributed by atoms with E-state index in [1.54, 1.807) is 0 Å². The number of rotatable bonds is 6. The first-order valence-electron chi connectivity index (χ1n) is 13.4. The smallest absolute Gasteiger partial charge is 0.174 e. The van der Waals surface area contributed by atoms with Crippen molar-refractivity contribution in [3.05, 3.63) is 131 Å². The van der Waals surface area contributed by atoms with Gasteiger partial charge in [-0.2, -0.15) is 0 Å². The van der Waals surface area contributed by atoms with Crippen molar-refractivity contribution < 1.29 is 4.74 Å². The Labute approximate surface area is 240 Å². The van der Waals surface area contributed by atoms with Crippen molar-refractivity contribution in [3.63, 3.8) is 0 Å². The Morgan fingerprint density at radius 3 is 2.17 bits per heavy atom. The lowest BCUT2D eigenvalue weighted by atomic mass is 9.96. The number of nitrogens with zero attached hydrogens (tertiary/aromatic N) is 4. The molecule has 1 saturated heterocycles. The average Bonchev–Trinajstić information content (AvgIpc) is 3.45. The topological polar surface area (TPSA) is 55.2 Å². The summed E-state index contributed by atoms with van der Waals surface area (Å²) in [6, 6.07) is 28.3. The third kappa shape index (κ3) is 4.84. The van der Waals surface area contributed by atoms with Crippen molar-refractivity contribution in [1.29, 1.82) is 0 Å². The van der Waals surface area contributed by atoms with E-state index in [0.717, 1.165) is 40.1 Å². The van der Waals surface area contributed by atoms with Crippen molar-refractivity contribution in [1.82, 2.24) is 19.9 Å². The number of aromatic nitrogens is 3. The summed E-state index contributed by atoms with van der Waals surface area (Å²) in [6.45, 7) is 8.43. The second kappa shape index (κ2) is 10.6. The molecule has 6 nitrogen and oxygen atoms in total. The number of benzene rings is 2. The van der Waals surface area contributed by atoms with Gasteiger partial charge in [-0.15, -0.1) is 0 Å². The molecule has 2 aromatic carbocycles. The fraction of sp³-hybridized carbons (Fsp3) is 0.182. The fourth-order valence-corrected chi connectivity index (χ4v) is 5.79. The van der Waals surface area contributed by atoms with Crippen LogP contribution in [0.3, 0.4) is 0 Å². The highest BCUT2D eigenvalue weighted by Gasteiger charge is 2.42. The molecule has 0 spiro atoms. The normalized spacial score (nSPS) is 16.7. The zero-order valence-electron chi connectivity index (χ0n) is 23.0. The second-order valence-electron chi connectivity index (χ2n) is 10.3. The highest BCUT2D eigenvalue weighted by molar-refractivity contribution is 7.80. The van der Waals surface area contributed by atoms with E-state index in [4.69, 9.17) is 21.9 Å². The zero-order chi connectivity index (χ0) is 27.8. The number of pyridine rings is 2. The molecule has 200 valence electrons. The molecule has 4 heterocycles. The molecule has 1 aliphatic rings. The number of anilines is 1. The summed E-state index contributed by atoms with van der Waals surface area (Å²) in [5.74, 6) is 2.49. The Bertz CT molecular complexity index is 1660. The minimum Gasteiger partial charge on any atom is -0.457 e. The Morgan fingerprint density at radius 2 is 1.50 bits per heavy atom. The number of thiocarbonyl (C=S) groups is 1. The monoisotopic (exact) mass is 545 g/mol. The van der Waals surface area contributed by atoms with E-state index in [2.05, 4.69) is 77.8 Å². The van der Waals surface area contributed by atoms with E-state index in [1.807, 2.05) is 67.0 Å². The van der Waals surface area contributed by atoms with Crippen LogP contribution in [0, 0.1) is 27.7 Å². The average molecular weight is 546 g/mol. The molecule has 0 amide bonds. The standard InChI is InChI=1S/C33H31N5OS/c1-21-8-12-26(13-9-21)39-27-14-10-25(11-15-27)38-32(31(36-33(38)40)29-7-5-6-17-34-29)28-20-23(3)37(24(28)4)30-19-22(2)16-18-35-30/h5-20,31-32H,1-4H3,(H,36,40)/t31-,32-/m0/s1. The maximum absolute atomic E-state index is 6.09. The van der Waals surface area contributed by atoms with Crippen molar-refractivity contribution in [3.8, 4) is 17.3 Å². The van der Waals surface area contributed by atoms with Gasteiger partial charge in [-0.1, -0.05) is 23.8 Å². The Kier molecular flexibility index (Phi) is 6.82. The van der Waals surface area contributed by atoms with Gasteiger partial charge in [-0.25, -0.2) is 4.98 Å². The SMILES string of the molecule is Cc1ccc(Oc2ccc(N3C(=S)N[C@@H](c4ccccn4)[C@@H]3c3cc(C)n(-c4cc(C)ccn4)c3C)cc2)cc1. The molecule has 0 unspecified atom stereocenters. The van der Waals surface area contributed by atoms with Crippen molar-refractivity contribution in [2.24, 2.45) is 0 Å². The molecule has 0 bridgehead atoms. The van der Waals surface area contributed by atoms with Crippen LogP contribution in [0.1, 0.15) is 45.9 Å². The zero-order valence-corrected chi connectivity index (χ0v) is 23.8. The van der Waals surface area contributed by atoms with Crippen LogP contribution in [0.5, 0.6) is 11.5 Å². The van der Waals surface area contributed by atoms with Gasteiger partial charge in [0.05, 0.1) is 17.8 Å². The van der Waals surface area contributed by atoms with E-state index >= 15 is 0 Å². The van der Waals surface area contributed by atoms with Crippen LogP contribution in [0.25, 0.3) is 5.82 Å². The van der Waals surface area contributed by atoms with E-state index in [0.29, 0.717) is 5.11 Å². The summed E-state index contributed by atoms with van der Waals surface area (Å²) in [4.78, 5) is 11.6. The summed E-state index contributed by atoms with van der Waals surface area (Å²) in [5.41, 5.74) is 7.70. The quantitative estimate of drug-likeness (QED) is 0.223. The third-order valence-corrected chi connectivity index (χ3v) is 7.70. The molecule has 0 aliphatic carbocycles. The van der Waals surface area contributed by atoms with Crippen molar-refractivity contribution in [2.45, 2.75) is 39.8 Å². The van der Waals surface area contributed by atoms with Gasteiger partial charge in [0, 0.05) is 29.5 Å². The summed E-state index contributed by atoms with van der Waals surface area (Å²) < 4.78 is 8.31. The molecule has 0 radical (unpaired) electrons. The number of aryl methyl sites for hydroxylation is 3. The van der Waals surface area contributed by atoms with Gasteiger partial charge >= 0.3 is 0 Å². The number of hydrogen-bond acceptors (Lipinski definition) is 4. The van der Waals surface area contributed by atoms with E-state index in [-0.39, 0.29) is 12.1 Å². The number of hydrogen-bond donors (Lipinski definition) is 1. The Morgan fingerprint density at radius 1 is 0.775 bits per heavy atom. The predicted octanol–water partition coefficient (Wildman–Crippen LogP) is 7.47. The van der Waals surface area contributed by atoms with Crippen LogP contribution in [0.4, 0.5) is 5.69 Å². The fourth-order valence-electron chi connectivity index (χ4n) is 5.45. The maximum Gasteiger partial charge on any atom is 0.174 e. The van der Waals surface area contributed by atoms with Gasteiger partial charge in [-0.3, -0.25) is 4.98 Å². The van der Waals surface area contributed by atoms with Crippen molar-refractivity contribution in [2.75, 3.05) is 4.90 Å². The van der Waals surface area contributed by atoms with Crippen LogP contribution in [-0.2, 0) is 0 Å². The summed E-state index contributed by atoms with van der Waals surface area (Å²) >= 11 is 5.96. The minimum absolute atomic E-state index is 0.115. The van der Waals surface area contributed by atoms with Crippen LogP contribution < -0.4 is 15.0 Å². The van der Waals surface area contributed by atoms with Crippen LogP contribution in [0.2, 0.25) is 0 Å². The molecule has 40 heavy (non-hydrogen) atoms. The Balaban J connectivity index is 1.41. The number of nitrogens with one attached hydrogen (secondary N) is 1. The highest BCUT2D eigenvalue weighted by Crippen LogP contribution is 2.44. The van der Waals surface area contributed by atoms with Gasteiger partial charge in [0.15, 0.2) is 5.11 Å². The first kappa shape index (κ1) is 25.8.